The molecule has 2 aromatic rings. The van der Waals surface area contributed by atoms with Gasteiger partial charge in [-0.25, -0.2) is 0 Å². The van der Waals surface area contributed by atoms with E-state index in [1.165, 1.54) is 11.1 Å². The third kappa shape index (κ3) is 2.55. The van der Waals surface area contributed by atoms with Gasteiger partial charge >= 0.3 is 0 Å². The monoisotopic (exact) mass is 308 g/mol. The summed E-state index contributed by atoms with van der Waals surface area (Å²) < 4.78 is 0. The largest absolute Gasteiger partial charge is 0.325 e. The number of hydrogen-bond acceptors (Lipinski definition) is 2. The fraction of sp³-hybridized carbons (Fsp3) is 0.350. The Kier molecular flexibility index (Phi) is 3.77. The summed E-state index contributed by atoms with van der Waals surface area (Å²) in [6.07, 6.45) is 0.793. The van der Waals surface area contributed by atoms with E-state index >= 15 is 0 Å². The molecule has 1 atom stereocenters. The Morgan fingerprint density at radius 3 is 2.43 bits per heavy atom. The molecule has 3 rings (SSSR count). The molecule has 0 saturated carbocycles. The van der Waals surface area contributed by atoms with Crippen molar-refractivity contribution < 1.29 is 4.79 Å². The van der Waals surface area contributed by atoms with Crippen LogP contribution in [0.3, 0.4) is 0 Å². The van der Waals surface area contributed by atoms with Crippen molar-refractivity contribution >= 4 is 11.6 Å². The molecule has 0 aliphatic carbocycles. The van der Waals surface area contributed by atoms with Crippen LogP contribution in [0.2, 0.25) is 0 Å². The summed E-state index contributed by atoms with van der Waals surface area (Å²) in [5, 5.41) is 3.03. The lowest BCUT2D eigenvalue weighted by atomic mass is 9.81. The number of rotatable bonds is 3. The Hall–Kier alpha value is -2.13. The number of benzene rings is 2. The Morgan fingerprint density at radius 1 is 1.13 bits per heavy atom. The van der Waals surface area contributed by atoms with Crippen LogP contribution in [-0.4, -0.2) is 5.91 Å². The molecule has 3 nitrogen and oxygen atoms in total. The van der Waals surface area contributed by atoms with Crippen molar-refractivity contribution in [1.29, 1.82) is 0 Å². The van der Waals surface area contributed by atoms with Crippen LogP contribution in [0.15, 0.2) is 36.4 Å². The summed E-state index contributed by atoms with van der Waals surface area (Å²) in [5.41, 5.74) is 12.7. The number of carbonyl (C=O) groups is 1. The molecule has 120 valence electrons. The fourth-order valence-corrected chi connectivity index (χ4v) is 3.35. The van der Waals surface area contributed by atoms with E-state index in [0.717, 1.165) is 28.8 Å². The number of amides is 1. The van der Waals surface area contributed by atoms with E-state index < -0.39 is 5.41 Å². The van der Waals surface area contributed by atoms with Crippen molar-refractivity contribution in [3.8, 4) is 0 Å². The van der Waals surface area contributed by atoms with Crippen LogP contribution in [-0.2, 0) is 16.6 Å². The number of nitrogens with one attached hydrogen (secondary N) is 1. The summed E-state index contributed by atoms with van der Waals surface area (Å²) in [6.45, 7) is 8.09. The molecule has 1 aliphatic heterocycles. The minimum Gasteiger partial charge on any atom is -0.325 e. The molecule has 0 saturated heterocycles. The molecule has 2 aromatic carbocycles. The summed E-state index contributed by atoms with van der Waals surface area (Å²) in [6, 6.07) is 12.3. The van der Waals surface area contributed by atoms with E-state index in [2.05, 4.69) is 37.4 Å². The van der Waals surface area contributed by atoms with E-state index in [1.54, 1.807) is 0 Å². The predicted molar refractivity (Wildman–Crippen MR) is 94.6 cm³/mol. The molecular formula is C20H24N2O. The summed E-state index contributed by atoms with van der Waals surface area (Å²) in [4.78, 5) is 12.2. The van der Waals surface area contributed by atoms with E-state index in [-0.39, 0.29) is 11.9 Å². The first-order chi connectivity index (χ1) is 10.8. The van der Waals surface area contributed by atoms with Gasteiger partial charge < -0.3 is 11.1 Å². The molecule has 0 aromatic heterocycles. The van der Waals surface area contributed by atoms with Crippen molar-refractivity contribution in [2.45, 2.75) is 45.6 Å². The highest BCUT2D eigenvalue weighted by molar-refractivity contribution is 6.06. The molecule has 1 aliphatic rings. The second-order valence-electron chi connectivity index (χ2n) is 7.01. The summed E-state index contributed by atoms with van der Waals surface area (Å²) >= 11 is 0. The molecule has 0 fully saturated rings. The maximum Gasteiger partial charge on any atom is 0.234 e. The van der Waals surface area contributed by atoms with Crippen LogP contribution in [0.5, 0.6) is 0 Å². The van der Waals surface area contributed by atoms with Crippen molar-refractivity contribution in [1.82, 2.24) is 0 Å². The molecule has 3 N–H and O–H groups in total. The number of fused-ring (bicyclic) bond motifs is 1. The third-order valence-electron chi connectivity index (χ3n) is 5.12. The molecule has 0 bridgehead atoms. The first-order valence-corrected chi connectivity index (χ1v) is 8.08. The molecule has 3 heteroatoms. The Morgan fingerprint density at radius 2 is 1.78 bits per heavy atom. The first kappa shape index (κ1) is 15.8. The van der Waals surface area contributed by atoms with Crippen LogP contribution in [0.4, 0.5) is 5.69 Å². The number of anilines is 1. The second kappa shape index (κ2) is 5.50. The quantitative estimate of drug-likeness (QED) is 0.906. The van der Waals surface area contributed by atoms with Crippen LogP contribution < -0.4 is 11.1 Å². The van der Waals surface area contributed by atoms with E-state index in [1.807, 2.05) is 32.0 Å². The Balaban J connectivity index is 2.03. The lowest BCUT2D eigenvalue weighted by Crippen LogP contribution is -2.27. The van der Waals surface area contributed by atoms with Gasteiger partial charge in [-0.15, -0.1) is 0 Å². The highest BCUT2D eigenvalue weighted by atomic mass is 16.2. The van der Waals surface area contributed by atoms with Gasteiger partial charge in [0.1, 0.15) is 0 Å². The number of hydrogen-bond donors (Lipinski definition) is 2. The average Bonchev–Trinajstić information content (AvgIpc) is 2.74. The van der Waals surface area contributed by atoms with Crippen molar-refractivity contribution in [3.05, 3.63) is 64.2 Å². The number of carbonyl (C=O) groups excluding carboxylic acids is 1. The molecule has 1 heterocycles. The molecule has 0 spiro atoms. The first-order valence-electron chi connectivity index (χ1n) is 8.08. The molecule has 1 unspecified atom stereocenters. The normalized spacial score (nSPS) is 16.8. The molecule has 23 heavy (non-hydrogen) atoms. The van der Waals surface area contributed by atoms with E-state index in [0.29, 0.717) is 0 Å². The van der Waals surface area contributed by atoms with Gasteiger partial charge in [0.05, 0.1) is 5.41 Å². The maximum atomic E-state index is 12.2. The molecular weight excluding hydrogens is 284 g/mol. The lowest BCUT2D eigenvalue weighted by molar-refractivity contribution is -0.119. The lowest BCUT2D eigenvalue weighted by Gasteiger charge is -2.22. The summed E-state index contributed by atoms with van der Waals surface area (Å²) in [7, 11) is 0. The zero-order chi connectivity index (χ0) is 16.8. The van der Waals surface area contributed by atoms with Gasteiger partial charge in [0.25, 0.3) is 0 Å². The fourth-order valence-electron chi connectivity index (χ4n) is 3.35. The van der Waals surface area contributed by atoms with Gasteiger partial charge in [-0.05, 0) is 61.9 Å². The highest BCUT2D eigenvalue weighted by Gasteiger charge is 2.40. The third-order valence-corrected chi connectivity index (χ3v) is 5.12. The van der Waals surface area contributed by atoms with Crippen LogP contribution in [0.25, 0.3) is 0 Å². The minimum atomic E-state index is -0.505. The Bertz CT molecular complexity index is 763. The molecule has 1 amide bonds. The van der Waals surface area contributed by atoms with Gasteiger partial charge in [-0.3, -0.25) is 4.79 Å². The average molecular weight is 308 g/mol. The van der Waals surface area contributed by atoms with Crippen molar-refractivity contribution in [2.75, 3.05) is 5.32 Å². The van der Waals surface area contributed by atoms with Crippen LogP contribution >= 0.6 is 0 Å². The van der Waals surface area contributed by atoms with Gasteiger partial charge in [-0.2, -0.15) is 0 Å². The van der Waals surface area contributed by atoms with Gasteiger partial charge in [0.2, 0.25) is 5.91 Å². The Labute approximate surface area is 137 Å². The second-order valence-corrected chi connectivity index (χ2v) is 7.01. The standard InChI is InChI=1S/C20H24N2O/c1-12-13(2)18-16(20(3,4)19(23)22-18)11-15(12)17(21)10-14-8-6-5-7-9-14/h5-9,11,17H,10,21H2,1-4H3,(H,22,23). The van der Waals surface area contributed by atoms with Crippen LogP contribution in [0.1, 0.15) is 47.7 Å². The maximum absolute atomic E-state index is 12.2. The highest BCUT2D eigenvalue weighted by Crippen LogP contribution is 2.42. The smallest absolute Gasteiger partial charge is 0.234 e. The number of nitrogens with two attached hydrogens (primary N) is 1. The van der Waals surface area contributed by atoms with Crippen molar-refractivity contribution in [2.24, 2.45) is 5.73 Å². The summed E-state index contributed by atoms with van der Waals surface area (Å²) in [5.74, 6) is 0.0591. The zero-order valence-corrected chi connectivity index (χ0v) is 14.2. The predicted octanol–water partition coefficient (Wildman–Crippen LogP) is 3.78. The minimum absolute atomic E-state index is 0.0591. The van der Waals surface area contributed by atoms with Gasteiger partial charge in [0, 0.05) is 11.7 Å². The van der Waals surface area contributed by atoms with Gasteiger partial charge in [-0.1, -0.05) is 36.4 Å². The van der Waals surface area contributed by atoms with Crippen LogP contribution in [0, 0.1) is 13.8 Å². The topological polar surface area (TPSA) is 55.1 Å². The zero-order valence-electron chi connectivity index (χ0n) is 14.2. The molecule has 0 radical (unpaired) electrons. The SMILES string of the molecule is Cc1c(C(N)Cc2ccccc2)cc2c(c1C)NC(=O)C2(C)C. The van der Waals surface area contributed by atoms with E-state index in [4.69, 9.17) is 5.73 Å². The van der Waals surface area contributed by atoms with Gasteiger partial charge in [0.15, 0.2) is 0 Å². The van der Waals surface area contributed by atoms with Crippen molar-refractivity contribution in [3.63, 3.8) is 0 Å². The van der Waals surface area contributed by atoms with E-state index in [9.17, 15) is 4.79 Å².